The van der Waals surface area contributed by atoms with Gasteiger partial charge in [0.25, 0.3) is 0 Å². The number of carbonyl (C=O) groups is 1. The highest BCUT2D eigenvalue weighted by Crippen LogP contribution is 2.25. The SMILES string of the molecule is CCN1CCC(S(=O)(=O)NCC(=O)c2cc(-c3ccccc3)cc(C)c2F)CC1. The van der Waals surface area contributed by atoms with Crippen LogP contribution >= 0.6 is 0 Å². The lowest BCUT2D eigenvalue weighted by molar-refractivity contribution is 0.0993. The second kappa shape index (κ2) is 9.15. The van der Waals surface area contributed by atoms with Crippen LogP contribution in [0, 0.1) is 12.7 Å². The number of piperidine rings is 1. The Bertz CT molecular complexity index is 969. The quantitative estimate of drug-likeness (QED) is 0.700. The Labute approximate surface area is 172 Å². The Morgan fingerprint density at radius 1 is 1.14 bits per heavy atom. The molecule has 0 saturated carbocycles. The summed E-state index contributed by atoms with van der Waals surface area (Å²) >= 11 is 0. The predicted molar refractivity (Wildman–Crippen MR) is 113 cm³/mol. The highest BCUT2D eigenvalue weighted by molar-refractivity contribution is 7.90. The molecule has 1 fully saturated rings. The Balaban J connectivity index is 1.73. The van der Waals surface area contributed by atoms with Crippen molar-refractivity contribution >= 4 is 15.8 Å². The number of halogens is 1. The summed E-state index contributed by atoms with van der Waals surface area (Å²) in [6.07, 6.45) is 1.07. The number of nitrogens with one attached hydrogen (secondary N) is 1. The summed E-state index contributed by atoms with van der Waals surface area (Å²) < 4.78 is 42.2. The maximum atomic E-state index is 14.6. The van der Waals surface area contributed by atoms with Gasteiger partial charge >= 0.3 is 0 Å². The van der Waals surface area contributed by atoms with Crippen molar-refractivity contribution in [2.45, 2.75) is 31.9 Å². The van der Waals surface area contributed by atoms with Crippen LogP contribution in [0.2, 0.25) is 0 Å². The molecular weight excluding hydrogens is 391 g/mol. The van der Waals surface area contributed by atoms with Crippen LogP contribution in [-0.2, 0) is 10.0 Å². The van der Waals surface area contributed by atoms with E-state index in [1.165, 1.54) is 6.07 Å². The van der Waals surface area contributed by atoms with E-state index >= 15 is 0 Å². The van der Waals surface area contributed by atoms with Crippen LogP contribution in [0.5, 0.6) is 0 Å². The van der Waals surface area contributed by atoms with Gasteiger partial charge in [-0.15, -0.1) is 0 Å². The number of aryl methyl sites for hydroxylation is 1. The Morgan fingerprint density at radius 3 is 2.41 bits per heavy atom. The smallest absolute Gasteiger partial charge is 0.214 e. The van der Waals surface area contributed by atoms with Crippen LogP contribution in [0.4, 0.5) is 4.39 Å². The zero-order valence-corrected chi connectivity index (χ0v) is 17.6. The summed E-state index contributed by atoms with van der Waals surface area (Å²) in [5.41, 5.74) is 1.85. The second-order valence-electron chi connectivity index (χ2n) is 7.44. The first-order valence-electron chi connectivity index (χ1n) is 9.91. The van der Waals surface area contributed by atoms with Crippen LogP contribution in [0.3, 0.4) is 0 Å². The van der Waals surface area contributed by atoms with E-state index in [4.69, 9.17) is 0 Å². The van der Waals surface area contributed by atoms with Gasteiger partial charge in [0.15, 0.2) is 5.78 Å². The molecule has 29 heavy (non-hydrogen) atoms. The zero-order chi connectivity index (χ0) is 21.0. The number of hydrogen-bond acceptors (Lipinski definition) is 4. The van der Waals surface area contributed by atoms with Crippen molar-refractivity contribution < 1.29 is 17.6 Å². The van der Waals surface area contributed by atoms with Crippen molar-refractivity contribution in [2.24, 2.45) is 0 Å². The normalized spacial score (nSPS) is 16.1. The highest BCUT2D eigenvalue weighted by atomic mass is 32.2. The molecule has 0 bridgehead atoms. The summed E-state index contributed by atoms with van der Waals surface area (Å²) in [7, 11) is -3.62. The van der Waals surface area contributed by atoms with E-state index in [0.717, 1.165) is 30.8 Å². The van der Waals surface area contributed by atoms with Crippen LogP contribution < -0.4 is 4.72 Å². The van der Waals surface area contributed by atoms with E-state index in [1.807, 2.05) is 37.3 Å². The Hall–Kier alpha value is -2.09. The van der Waals surface area contributed by atoms with Crippen LogP contribution in [0.25, 0.3) is 11.1 Å². The Kier molecular flexibility index (Phi) is 6.82. The third kappa shape index (κ3) is 5.10. The largest absolute Gasteiger partial charge is 0.304 e. The molecule has 0 aliphatic carbocycles. The molecule has 0 aromatic heterocycles. The zero-order valence-electron chi connectivity index (χ0n) is 16.8. The number of carbonyl (C=O) groups excluding carboxylic acids is 1. The Morgan fingerprint density at radius 2 is 1.79 bits per heavy atom. The van der Waals surface area contributed by atoms with Gasteiger partial charge in [0, 0.05) is 0 Å². The number of rotatable bonds is 7. The molecule has 1 aliphatic heterocycles. The molecule has 5 nitrogen and oxygen atoms in total. The summed E-state index contributed by atoms with van der Waals surface area (Å²) in [6, 6.07) is 12.6. The summed E-state index contributed by atoms with van der Waals surface area (Å²) in [4.78, 5) is 14.9. The molecular formula is C22H27FN2O3S. The van der Waals surface area contributed by atoms with Crippen molar-refractivity contribution in [3.63, 3.8) is 0 Å². The number of nitrogens with zero attached hydrogens (tertiary/aromatic N) is 1. The van der Waals surface area contributed by atoms with Crippen molar-refractivity contribution in [3.05, 3.63) is 59.4 Å². The van der Waals surface area contributed by atoms with Gasteiger partial charge in [-0.1, -0.05) is 37.3 Å². The van der Waals surface area contributed by atoms with Gasteiger partial charge in [-0.3, -0.25) is 4.79 Å². The summed E-state index contributed by atoms with van der Waals surface area (Å²) in [6.45, 7) is 5.56. The number of likely N-dealkylation sites (tertiary alicyclic amines) is 1. The first kappa shape index (κ1) is 21.6. The van der Waals surface area contributed by atoms with E-state index in [2.05, 4.69) is 9.62 Å². The lowest BCUT2D eigenvalue weighted by Gasteiger charge is -2.30. The molecule has 7 heteroatoms. The molecule has 3 rings (SSSR count). The fourth-order valence-corrected chi connectivity index (χ4v) is 5.08. The molecule has 1 heterocycles. The van der Waals surface area contributed by atoms with Gasteiger partial charge in [0.05, 0.1) is 17.4 Å². The van der Waals surface area contributed by atoms with Crippen molar-refractivity contribution in [3.8, 4) is 11.1 Å². The van der Waals surface area contributed by atoms with E-state index in [0.29, 0.717) is 18.4 Å². The van der Waals surface area contributed by atoms with Crippen molar-refractivity contribution in [1.82, 2.24) is 9.62 Å². The average Bonchev–Trinajstić information content (AvgIpc) is 2.74. The van der Waals surface area contributed by atoms with E-state index < -0.39 is 33.4 Å². The number of hydrogen-bond donors (Lipinski definition) is 1. The number of Topliss-reactive ketones (excluding diaryl/α,β-unsaturated/α-hetero) is 1. The molecule has 1 aliphatic rings. The van der Waals surface area contributed by atoms with E-state index in [1.54, 1.807) is 13.0 Å². The summed E-state index contributed by atoms with van der Waals surface area (Å²) in [5, 5.41) is -0.514. The molecule has 0 unspecified atom stereocenters. The highest BCUT2D eigenvalue weighted by Gasteiger charge is 2.30. The molecule has 2 aromatic rings. The molecule has 1 N–H and O–H groups in total. The van der Waals surface area contributed by atoms with Gasteiger partial charge in [0.1, 0.15) is 5.82 Å². The lowest BCUT2D eigenvalue weighted by atomic mass is 9.98. The molecule has 0 atom stereocenters. The van der Waals surface area contributed by atoms with Crippen LogP contribution in [0.15, 0.2) is 42.5 Å². The maximum Gasteiger partial charge on any atom is 0.214 e. The fourth-order valence-electron chi connectivity index (χ4n) is 3.68. The molecule has 156 valence electrons. The third-order valence-corrected chi connectivity index (χ3v) is 7.41. The van der Waals surface area contributed by atoms with Gasteiger partial charge < -0.3 is 4.90 Å². The van der Waals surface area contributed by atoms with Gasteiger partial charge in [-0.05, 0) is 68.2 Å². The van der Waals surface area contributed by atoms with Gasteiger partial charge in [-0.25, -0.2) is 17.5 Å². The number of benzene rings is 2. The maximum absolute atomic E-state index is 14.6. The monoisotopic (exact) mass is 418 g/mol. The minimum absolute atomic E-state index is 0.0904. The molecule has 1 saturated heterocycles. The molecule has 0 radical (unpaired) electrons. The predicted octanol–water partition coefficient (Wildman–Crippen LogP) is 3.39. The van der Waals surface area contributed by atoms with Crippen molar-refractivity contribution in [1.29, 1.82) is 0 Å². The second-order valence-corrected chi connectivity index (χ2v) is 9.49. The lowest BCUT2D eigenvalue weighted by Crippen LogP contribution is -2.44. The summed E-state index contributed by atoms with van der Waals surface area (Å²) in [5.74, 6) is -1.18. The average molecular weight is 419 g/mol. The van der Waals surface area contributed by atoms with Gasteiger partial charge in [0.2, 0.25) is 10.0 Å². The molecule has 0 spiro atoms. The first-order chi connectivity index (χ1) is 13.8. The third-order valence-electron chi connectivity index (χ3n) is 5.52. The van der Waals surface area contributed by atoms with Crippen LogP contribution in [0.1, 0.15) is 35.7 Å². The molecule has 2 aromatic carbocycles. The molecule has 0 amide bonds. The van der Waals surface area contributed by atoms with Gasteiger partial charge in [-0.2, -0.15) is 0 Å². The minimum atomic E-state index is -3.62. The number of ketones is 1. The fraction of sp³-hybridized carbons (Fsp3) is 0.409. The van der Waals surface area contributed by atoms with Crippen LogP contribution in [-0.4, -0.2) is 50.5 Å². The van der Waals surface area contributed by atoms with E-state index in [9.17, 15) is 17.6 Å². The first-order valence-corrected chi connectivity index (χ1v) is 11.5. The standard InChI is InChI=1S/C22H27FN2O3S/c1-3-25-11-9-19(10-12-25)29(27,28)24-15-21(26)20-14-18(13-16(2)22(20)23)17-7-5-4-6-8-17/h4-8,13-14,19,24H,3,9-12,15H2,1-2H3. The van der Waals surface area contributed by atoms with E-state index in [-0.39, 0.29) is 5.56 Å². The van der Waals surface area contributed by atoms with Crippen molar-refractivity contribution in [2.75, 3.05) is 26.2 Å². The minimum Gasteiger partial charge on any atom is -0.304 e. The number of sulfonamides is 1. The topological polar surface area (TPSA) is 66.5 Å².